The molecule has 0 aromatic heterocycles. The largest absolute Gasteiger partial charge is 0.454 e. The second kappa shape index (κ2) is 10.0. The number of nitrogens with one attached hydrogen (secondary N) is 2. The normalized spacial score (nSPS) is 13.1. The molecule has 9 nitrogen and oxygen atoms in total. The minimum absolute atomic E-state index is 0.0863. The topological polar surface area (TPSA) is 120 Å². The fraction of sp³-hybridized carbons (Fsp3) is 0.167. The molecule has 0 unspecified atom stereocenters. The van der Waals surface area contributed by atoms with E-state index in [9.17, 15) is 22.4 Å². The van der Waals surface area contributed by atoms with Crippen molar-refractivity contribution in [2.45, 2.75) is 24.5 Å². The van der Waals surface area contributed by atoms with Crippen LogP contribution < -0.4 is 19.5 Å². The van der Waals surface area contributed by atoms with E-state index in [2.05, 4.69) is 10.0 Å². The second-order valence-electron chi connectivity index (χ2n) is 7.57. The van der Waals surface area contributed by atoms with Crippen LogP contribution in [0.4, 0.5) is 10.1 Å². The van der Waals surface area contributed by atoms with Crippen molar-refractivity contribution < 1.29 is 36.6 Å². The van der Waals surface area contributed by atoms with Crippen LogP contribution in [0.15, 0.2) is 71.6 Å². The van der Waals surface area contributed by atoms with E-state index in [0.717, 1.165) is 17.7 Å². The first kappa shape index (κ1) is 24.0. The lowest BCUT2D eigenvalue weighted by molar-refractivity contribution is -0.129. The number of para-hydroxylation sites is 1. The molecule has 11 heteroatoms. The fourth-order valence-corrected chi connectivity index (χ4v) is 4.32. The minimum atomic E-state index is -4.18. The van der Waals surface area contributed by atoms with E-state index in [0.29, 0.717) is 11.5 Å². The Morgan fingerprint density at radius 1 is 1.03 bits per heavy atom. The predicted octanol–water partition coefficient (Wildman–Crippen LogP) is 3.22. The molecule has 0 spiro atoms. The SMILES string of the molecule is C[C@@H](OC(=O)c1cccc(S(=O)(=O)Nc2ccccc2F)c1)C(=O)NCc1ccc2c(c1)OCO2. The van der Waals surface area contributed by atoms with Gasteiger partial charge in [0.2, 0.25) is 6.79 Å². The summed E-state index contributed by atoms with van der Waals surface area (Å²) in [6, 6.07) is 15.6. The van der Waals surface area contributed by atoms with Crippen LogP contribution in [-0.4, -0.2) is 33.2 Å². The van der Waals surface area contributed by atoms with Crippen LogP contribution in [-0.2, 0) is 26.1 Å². The molecule has 1 aliphatic heterocycles. The number of anilines is 1. The maximum atomic E-state index is 13.8. The first-order valence-corrected chi connectivity index (χ1v) is 12.0. The summed E-state index contributed by atoms with van der Waals surface area (Å²) < 4.78 is 57.0. The highest BCUT2D eigenvalue weighted by Crippen LogP contribution is 2.32. The highest BCUT2D eigenvalue weighted by Gasteiger charge is 2.22. The molecule has 0 aliphatic carbocycles. The van der Waals surface area contributed by atoms with Gasteiger partial charge in [0.15, 0.2) is 17.6 Å². The maximum Gasteiger partial charge on any atom is 0.338 e. The molecule has 0 saturated carbocycles. The van der Waals surface area contributed by atoms with Gasteiger partial charge in [0.1, 0.15) is 5.82 Å². The molecule has 0 saturated heterocycles. The number of hydrogen-bond acceptors (Lipinski definition) is 7. The smallest absolute Gasteiger partial charge is 0.338 e. The summed E-state index contributed by atoms with van der Waals surface area (Å²) in [5, 5.41) is 2.66. The Hall–Kier alpha value is -4.12. The summed E-state index contributed by atoms with van der Waals surface area (Å²) in [6.07, 6.45) is -1.15. The van der Waals surface area contributed by atoms with Gasteiger partial charge in [-0.3, -0.25) is 9.52 Å². The number of hydrogen-bond donors (Lipinski definition) is 2. The number of fused-ring (bicyclic) bond motifs is 1. The number of ether oxygens (including phenoxy) is 3. The van der Waals surface area contributed by atoms with Gasteiger partial charge < -0.3 is 19.5 Å². The Labute approximate surface area is 200 Å². The molecule has 3 aromatic carbocycles. The molecule has 0 bridgehead atoms. The highest BCUT2D eigenvalue weighted by molar-refractivity contribution is 7.92. The zero-order chi connectivity index (χ0) is 25.0. The average Bonchev–Trinajstić information content (AvgIpc) is 3.32. The summed E-state index contributed by atoms with van der Waals surface area (Å²) in [4.78, 5) is 24.7. The second-order valence-corrected chi connectivity index (χ2v) is 9.25. The van der Waals surface area contributed by atoms with Gasteiger partial charge in [0.05, 0.1) is 16.1 Å². The Bertz CT molecular complexity index is 1380. The summed E-state index contributed by atoms with van der Waals surface area (Å²) in [7, 11) is -4.18. The number of rotatable bonds is 8. The first-order chi connectivity index (χ1) is 16.7. The van der Waals surface area contributed by atoms with Gasteiger partial charge in [-0.1, -0.05) is 24.3 Å². The molecule has 0 fully saturated rings. The number of esters is 1. The Morgan fingerprint density at radius 2 is 1.80 bits per heavy atom. The maximum absolute atomic E-state index is 13.8. The van der Waals surface area contributed by atoms with Crippen LogP contribution in [0.2, 0.25) is 0 Å². The number of amides is 1. The van der Waals surface area contributed by atoms with Gasteiger partial charge in [-0.15, -0.1) is 0 Å². The van der Waals surface area contributed by atoms with E-state index in [1.165, 1.54) is 43.3 Å². The first-order valence-electron chi connectivity index (χ1n) is 10.5. The van der Waals surface area contributed by atoms with Crippen molar-refractivity contribution in [2.75, 3.05) is 11.5 Å². The van der Waals surface area contributed by atoms with Crippen LogP contribution in [0.25, 0.3) is 0 Å². The number of halogens is 1. The van der Waals surface area contributed by atoms with Gasteiger partial charge in [0, 0.05) is 6.54 Å². The van der Waals surface area contributed by atoms with Crippen molar-refractivity contribution in [3.05, 3.63) is 83.7 Å². The van der Waals surface area contributed by atoms with Crippen LogP contribution in [0.3, 0.4) is 0 Å². The van der Waals surface area contributed by atoms with Crippen LogP contribution in [0.5, 0.6) is 11.5 Å². The molecule has 182 valence electrons. The van der Waals surface area contributed by atoms with Crippen molar-refractivity contribution in [1.82, 2.24) is 5.32 Å². The van der Waals surface area contributed by atoms with E-state index in [1.54, 1.807) is 18.2 Å². The molecule has 1 atom stereocenters. The molecule has 3 aromatic rings. The summed E-state index contributed by atoms with van der Waals surface area (Å²) in [6.45, 7) is 1.71. The fourth-order valence-electron chi connectivity index (χ4n) is 3.20. The zero-order valence-corrected chi connectivity index (χ0v) is 19.3. The van der Waals surface area contributed by atoms with E-state index in [-0.39, 0.29) is 29.5 Å². The zero-order valence-electron chi connectivity index (χ0n) is 18.5. The number of benzene rings is 3. The van der Waals surface area contributed by atoms with Gasteiger partial charge in [-0.05, 0) is 55.0 Å². The lowest BCUT2D eigenvalue weighted by Gasteiger charge is -2.14. The van der Waals surface area contributed by atoms with Crippen molar-refractivity contribution in [3.8, 4) is 11.5 Å². The molecule has 0 radical (unpaired) electrons. The Kier molecular flexibility index (Phi) is 6.87. The summed E-state index contributed by atoms with van der Waals surface area (Å²) in [5.74, 6) is -0.974. The Balaban J connectivity index is 1.37. The molecule has 1 aliphatic rings. The highest BCUT2D eigenvalue weighted by atomic mass is 32.2. The van der Waals surface area contributed by atoms with Gasteiger partial charge >= 0.3 is 5.97 Å². The van der Waals surface area contributed by atoms with Crippen molar-refractivity contribution in [1.29, 1.82) is 0 Å². The average molecular weight is 501 g/mol. The Morgan fingerprint density at radius 3 is 2.60 bits per heavy atom. The van der Waals surface area contributed by atoms with E-state index in [4.69, 9.17) is 14.2 Å². The van der Waals surface area contributed by atoms with Crippen molar-refractivity contribution in [3.63, 3.8) is 0 Å². The molecule has 1 heterocycles. The van der Waals surface area contributed by atoms with Crippen LogP contribution in [0, 0.1) is 5.82 Å². The van der Waals surface area contributed by atoms with E-state index in [1.807, 2.05) is 0 Å². The van der Waals surface area contributed by atoms with Gasteiger partial charge in [0.25, 0.3) is 15.9 Å². The third-order valence-electron chi connectivity index (χ3n) is 5.05. The third-order valence-corrected chi connectivity index (χ3v) is 6.42. The quantitative estimate of drug-likeness (QED) is 0.456. The van der Waals surface area contributed by atoms with E-state index < -0.39 is 33.8 Å². The lowest BCUT2D eigenvalue weighted by Crippen LogP contribution is -2.35. The third kappa shape index (κ3) is 5.69. The molecular weight excluding hydrogens is 479 g/mol. The van der Waals surface area contributed by atoms with Crippen LogP contribution in [0.1, 0.15) is 22.8 Å². The van der Waals surface area contributed by atoms with Crippen molar-refractivity contribution in [2.24, 2.45) is 0 Å². The van der Waals surface area contributed by atoms with Gasteiger partial charge in [-0.25, -0.2) is 17.6 Å². The lowest BCUT2D eigenvalue weighted by atomic mass is 10.2. The predicted molar refractivity (Wildman–Crippen MR) is 123 cm³/mol. The number of sulfonamides is 1. The number of carbonyl (C=O) groups excluding carboxylic acids is 2. The molecule has 2 N–H and O–H groups in total. The minimum Gasteiger partial charge on any atom is -0.454 e. The van der Waals surface area contributed by atoms with Gasteiger partial charge in [-0.2, -0.15) is 0 Å². The molecule has 4 rings (SSSR count). The summed E-state index contributed by atoms with van der Waals surface area (Å²) >= 11 is 0. The van der Waals surface area contributed by atoms with Crippen molar-refractivity contribution >= 4 is 27.6 Å². The van der Waals surface area contributed by atoms with E-state index >= 15 is 0 Å². The molecular formula is C24H21FN2O7S. The monoisotopic (exact) mass is 500 g/mol. The van der Waals surface area contributed by atoms with Crippen LogP contribution >= 0.6 is 0 Å². The summed E-state index contributed by atoms with van der Waals surface area (Å²) in [5.41, 5.74) is 0.450. The standard InChI is InChI=1S/C24H21FN2O7S/c1-15(23(28)26-13-16-9-10-21-22(11-16)33-14-32-21)34-24(29)17-5-4-6-18(12-17)35(30,31)27-20-8-3-2-7-19(20)25/h2-12,15,27H,13-14H2,1H3,(H,26,28)/t15-/m1/s1. The molecule has 1 amide bonds. The molecule has 35 heavy (non-hydrogen) atoms. The number of carbonyl (C=O) groups is 2.